The Labute approximate surface area is 106 Å². The van der Waals surface area contributed by atoms with Crippen molar-refractivity contribution in [2.24, 2.45) is 0 Å². The molecule has 1 heterocycles. The first kappa shape index (κ1) is 14.2. The molecular weight excluding hydrogens is 234 g/mol. The van der Waals surface area contributed by atoms with Crippen LogP contribution in [0.3, 0.4) is 0 Å². The number of carbonyl (C=O) groups excluding carboxylic acids is 2. The maximum atomic E-state index is 11.5. The highest BCUT2D eigenvalue weighted by Gasteiger charge is 2.13. The van der Waals surface area contributed by atoms with Crippen molar-refractivity contribution in [2.45, 2.75) is 27.2 Å². The molecule has 0 atom stereocenters. The molecule has 98 valence electrons. The molecule has 0 aliphatic heterocycles. The lowest BCUT2D eigenvalue weighted by Gasteiger charge is -2.07. The number of aromatic nitrogens is 1. The minimum atomic E-state index is -0.484. The van der Waals surface area contributed by atoms with Crippen LogP contribution in [0.25, 0.3) is 0 Å². The van der Waals surface area contributed by atoms with Gasteiger partial charge < -0.3 is 9.47 Å². The Morgan fingerprint density at radius 1 is 1.17 bits per heavy atom. The van der Waals surface area contributed by atoms with Gasteiger partial charge in [-0.1, -0.05) is 6.07 Å². The zero-order valence-corrected chi connectivity index (χ0v) is 10.9. The second-order valence-electron chi connectivity index (χ2n) is 3.66. The van der Waals surface area contributed by atoms with Gasteiger partial charge >= 0.3 is 11.9 Å². The molecule has 0 bridgehead atoms. The second kappa shape index (κ2) is 6.74. The summed E-state index contributed by atoms with van der Waals surface area (Å²) in [6, 6.07) is 3.33. The Morgan fingerprint density at radius 3 is 2.44 bits per heavy atom. The Hall–Kier alpha value is -1.91. The van der Waals surface area contributed by atoms with Crippen molar-refractivity contribution < 1.29 is 19.1 Å². The molecular formula is C13H17NO4. The lowest BCUT2D eigenvalue weighted by Crippen LogP contribution is -2.13. The van der Waals surface area contributed by atoms with E-state index in [-0.39, 0.29) is 18.1 Å². The molecule has 5 heteroatoms. The van der Waals surface area contributed by atoms with Crippen molar-refractivity contribution in [1.29, 1.82) is 0 Å². The Bertz CT molecular complexity index is 443. The fourth-order valence-electron chi connectivity index (χ4n) is 1.42. The second-order valence-corrected chi connectivity index (χ2v) is 3.66. The standard InChI is InChI=1S/C13H17NO4/c1-4-17-12(15)8-11-9(3)6-7-10(14-11)13(16)18-5-2/h6-7H,4-5,8H2,1-3H3. The van der Waals surface area contributed by atoms with E-state index in [0.29, 0.717) is 18.9 Å². The van der Waals surface area contributed by atoms with Gasteiger partial charge in [-0.25, -0.2) is 9.78 Å². The van der Waals surface area contributed by atoms with E-state index >= 15 is 0 Å². The van der Waals surface area contributed by atoms with Gasteiger partial charge in [-0.2, -0.15) is 0 Å². The van der Waals surface area contributed by atoms with Gasteiger partial charge in [0, 0.05) is 0 Å². The monoisotopic (exact) mass is 251 g/mol. The van der Waals surface area contributed by atoms with Crippen molar-refractivity contribution in [3.05, 3.63) is 29.1 Å². The number of hydrogen-bond donors (Lipinski definition) is 0. The summed E-state index contributed by atoms with van der Waals surface area (Å²) in [5, 5.41) is 0. The molecule has 1 rings (SSSR count). The normalized spacial score (nSPS) is 9.94. The van der Waals surface area contributed by atoms with Gasteiger partial charge in [0.1, 0.15) is 5.69 Å². The molecule has 0 aromatic carbocycles. The predicted molar refractivity (Wildman–Crippen MR) is 65.3 cm³/mol. The minimum Gasteiger partial charge on any atom is -0.466 e. The zero-order valence-electron chi connectivity index (χ0n) is 10.9. The molecule has 0 fully saturated rings. The molecule has 0 saturated heterocycles. The first-order chi connectivity index (χ1) is 8.58. The zero-order chi connectivity index (χ0) is 13.5. The van der Waals surface area contributed by atoms with Gasteiger partial charge in [-0.05, 0) is 32.4 Å². The van der Waals surface area contributed by atoms with Crippen LogP contribution in [0.15, 0.2) is 12.1 Å². The number of ether oxygens (including phenoxy) is 2. The lowest BCUT2D eigenvalue weighted by atomic mass is 10.1. The fourth-order valence-corrected chi connectivity index (χ4v) is 1.42. The van der Waals surface area contributed by atoms with Crippen LogP contribution in [0.2, 0.25) is 0 Å². The number of pyridine rings is 1. The molecule has 0 radical (unpaired) electrons. The summed E-state index contributed by atoms with van der Waals surface area (Å²) in [6.07, 6.45) is 0.0624. The Kier molecular flexibility index (Phi) is 5.30. The predicted octanol–water partition coefficient (Wildman–Crippen LogP) is 1.67. The molecule has 1 aromatic rings. The van der Waals surface area contributed by atoms with Crippen LogP contribution in [0.5, 0.6) is 0 Å². The van der Waals surface area contributed by atoms with Crippen molar-refractivity contribution in [3.8, 4) is 0 Å². The van der Waals surface area contributed by atoms with E-state index in [9.17, 15) is 9.59 Å². The highest BCUT2D eigenvalue weighted by atomic mass is 16.5. The third-order valence-corrected chi connectivity index (χ3v) is 2.30. The summed E-state index contributed by atoms with van der Waals surface area (Å²) in [5.74, 6) is -0.836. The van der Waals surface area contributed by atoms with Crippen LogP contribution in [-0.4, -0.2) is 30.1 Å². The van der Waals surface area contributed by atoms with Gasteiger partial charge in [-0.3, -0.25) is 4.79 Å². The van der Waals surface area contributed by atoms with E-state index in [1.54, 1.807) is 26.0 Å². The van der Waals surface area contributed by atoms with Gasteiger partial charge in [0.25, 0.3) is 0 Å². The number of carbonyl (C=O) groups is 2. The third kappa shape index (κ3) is 3.84. The summed E-state index contributed by atoms with van der Waals surface area (Å²) in [6.45, 7) is 5.92. The van der Waals surface area contributed by atoms with E-state index in [0.717, 1.165) is 5.56 Å². The molecule has 5 nitrogen and oxygen atoms in total. The molecule has 0 aliphatic rings. The van der Waals surface area contributed by atoms with Crippen LogP contribution in [-0.2, 0) is 20.7 Å². The first-order valence-corrected chi connectivity index (χ1v) is 5.87. The molecule has 0 amide bonds. The summed E-state index contributed by atoms with van der Waals surface area (Å²) < 4.78 is 9.71. The molecule has 1 aromatic heterocycles. The Balaban J connectivity index is 2.87. The number of nitrogens with zero attached hydrogens (tertiary/aromatic N) is 1. The average Bonchev–Trinajstić information content (AvgIpc) is 2.32. The third-order valence-electron chi connectivity index (χ3n) is 2.30. The average molecular weight is 251 g/mol. The summed E-state index contributed by atoms with van der Waals surface area (Å²) in [7, 11) is 0. The summed E-state index contributed by atoms with van der Waals surface area (Å²) in [5.41, 5.74) is 1.59. The number of hydrogen-bond acceptors (Lipinski definition) is 5. The number of rotatable bonds is 5. The van der Waals surface area contributed by atoms with Crippen LogP contribution in [0.1, 0.15) is 35.6 Å². The van der Waals surface area contributed by atoms with Crippen LogP contribution in [0.4, 0.5) is 0 Å². The van der Waals surface area contributed by atoms with Gasteiger partial charge in [0.2, 0.25) is 0 Å². The highest BCUT2D eigenvalue weighted by Crippen LogP contribution is 2.09. The topological polar surface area (TPSA) is 65.5 Å². The maximum Gasteiger partial charge on any atom is 0.356 e. The van der Waals surface area contributed by atoms with E-state index in [1.165, 1.54) is 0 Å². The van der Waals surface area contributed by atoms with Crippen LogP contribution in [0, 0.1) is 6.92 Å². The molecule has 0 N–H and O–H groups in total. The summed E-state index contributed by atoms with van der Waals surface area (Å²) >= 11 is 0. The lowest BCUT2D eigenvalue weighted by molar-refractivity contribution is -0.142. The largest absolute Gasteiger partial charge is 0.466 e. The minimum absolute atomic E-state index is 0.0624. The Morgan fingerprint density at radius 2 is 1.83 bits per heavy atom. The van der Waals surface area contributed by atoms with E-state index in [4.69, 9.17) is 9.47 Å². The van der Waals surface area contributed by atoms with E-state index < -0.39 is 5.97 Å². The number of aryl methyl sites for hydroxylation is 1. The van der Waals surface area contributed by atoms with Crippen molar-refractivity contribution in [3.63, 3.8) is 0 Å². The van der Waals surface area contributed by atoms with Crippen molar-refractivity contribution in [2.75, 3.05) is 13.2 Å². The van der Waals surface area contributed by atoms with Crippen LogP contribution >= 0.6 is 0 Å². The molecule has 0 saturated carbocycles. The first-order valence-electron chi connectivity index (χ1n) is 5.87. The van der Waals surface area contributed by atoms with Gasteiger partial charge in [-0.15, -0.1) is 0 Å². The molecule has 18 heavy (non-hydrogen) atoms. The van der Waals surface area contributed by atoms with E-state index in [1.807, 2.05) is 6.92 Å². The quantitative estimate of drug-likeness (QED) is 0.745. The summed E-state index contributed by atoms with van der Waals surface area (Å²) in [4.78, 5) is 27.0. The molecule has 0 aliphatic carbocycles. The highest BCUT2D eigenvalue weighted by molar-refractivity contribution is 5.87. The maximum absolute atomic E-state index is 11.5. The van der Waals surface area contributed by atoms with Gasteiger partial charge in [0.05, 0.1) is 25.3 Å². The molecule has 0 spiro atoms. The van der Waals surface area contributed by atoms with Crippen molar-refractivity contribution >= 4 is 11.9 Å². The SMILES string of the molecule is CCOC(=O)Cc1nc(C(=O)OCC)ccc1C. The van der Waals surface area contributed by atoms with Gasteiger partial charge in [0.15, 0.2) is 0 Å². The van der Waals surface area contributed by atoms with E-state index in [2.05, 4.69) is 4.98 Å². The molecule has 0 unspecified atom stereocenters. The smallest absolute Gasteiger partial charge is 0.356 e. The van der Waals surface area contributed by atoms with Crippen molar-refractivity contribution in [1.82, 2.24) is 4.98 Å². The number of esters is 2. The van der Waals surface area contributed by atoms with Crippen LogP contribution < -0.4 is 0 Å². The fraction of sp³-hybridized carbons (Fsp3) is 0.462.